The van der Waals surface area contributed by atoms with E-state index in [9.17, 15) is 9.59 Å². The number of rotatable bonds is 4. The van der Waals surface area contributed by atoms with E-state index in [0.29, 0.717) is 17.4 Å². The Bertz CT molecular complexity index is 1050. The molecule has 140 valence electrons. The minimum Gasteiger partial charge on any atom is -0.347 e. The van der Waals surface area contributed by atoms with Crippen LogP contribution in [0.1, 0.15) is 36.5 Å². The summed E-state index contributed by atoms with van der Waals surface area (Å²) in [5, 5.41) is 11.8. The zero-order valence-electron chi connectivity index (χ0n) is 15.3. The first kappa shape index (κ1) is 17.4. The maximum absolute atomic E-state index is 12.6. The predicted octanol–water partition coefficient (Wildman–Crippen LogP) is 1.34. The van der Waals surface area contributed by atoms with Crippen molar-refractivity contribution in [2.75, 3.05) is 0 Å². The summed E-state index contributed by atoms with van der Waals surface area (Å²) in [6.45, 7) is 3.03. The second-order valence-corrected chi connectivity index (χ2v) is 6.92. The molecule has 1 aliphatic heterocycles. The number of amides is 1. The van der Waals surface area contributed by atoms with Crippen LogP contribution in [0.25, 0.3) is 10.9 Å². The number of carbonyl (C=O) groups excluding carboxylic acids is 1. The largest absolute Gasteiger partial charge is 0.347 e. The maximum atomic E-state index is 12.6. The van der Waals surface area contributed by atoms with Gasteiger partial charge in [0.15, 0.2) is 5.82 Å². The van der Waals surface area contributed by atoms with Gasteiger partial charge in [0.1, 0.15) is 12.4 Å². The molecule has 1 amide bonds. The van der Waals surface area contributed by atoms with Crippen molar-refractivity contribution < 1.29 is 4.79 Å². The highest BCUT2D eigenvalue weighted by molar-refractivity contribution is 5.81. The number of fused-ring (bicyclic) bond motifs is 2. The van der Waals surface area contributed by atoms with Crippen molar-refractivity contribution in [3.8, 4) is 0 Å². The van der Waals surface area contributed by atoms with Gasteiger partial charge in [-0.15, -0.1) is 10.2 Å². The third-order valence-corrected chi connectivity index (χ3v) is 5.00. The number of hydrogen-bond donors (Lipinski definition) is 1. The van der Waals surface area contributed by atoms with Gasteiger partial charge in [-0.25, -0.2) is 4.98 Å². The first-order chi connectivity index (χ1) is 13.1. The molecule has 3 heterocycles. The Labute approximate surface area is 156 Å². The van der Waals surface area contributed by atoms with Gasteiger partial charge >= 0.3 is 0 Å². The lowest BCUT2D eigenvalue weighted by Crippen LogP contribution is -2.33. The van der Waals surface area contributed by atoms with Crippen LogP contribution < -0.4 is 10.9 Å². The number of nitrogens with one attached hydrogen (secondary N) is 1. The number of para-hydroxylation sites is 1. The van der Waals surface area contributed by atoms with Crippen LogP contribution in [0.5, 0.6) is 0 Å². The fraction of sp³-hybridized carbons (Fsp3) is 0.421. The highest BCUT2D eigenvalue weighted by Crippen LogP contribution is 2.14. The fourth-order valence-corrected chi connectivity index (χ4v) is 3.51. The molecular weight excluding hydrogens is 344 g/mol. The van der Waals surface area contributed by atoms with Crippen LogP contribution in [0.3, 0.4) is 0 Å². The van der Waals surface area contributed by atoms with E-state index in [2.05, 4.69) is 25.1 Å². The van der Waals surface area contributed by atoms with E-state index in [-0.39, 0.29) is 18.0 Å². The zero-order valence-corrected chi connectivity index (χ0v) is 15.3. The van der Waals surface area contributed by atoms with Crippen molar-refractivity contribution in [2.45, 2.75) is 52.2 Å². The number of carbonyl (C=O) groups is 1. The molecule has 0 fully saturated rings. The highest BCUT2D eigenvalue weighted by atomic mass is 16.2. The molecule has 0 saturated carbocycles. The molecule has 0 spiro atoms. The van der Waals surface area contributed by atoms with E-state index < -0.39 is 0 Å². The van der Waals surface area contributed by atoms with Crippen LogP contribution in [0.2, 0.25) is 0 Å². The van der Waals surface area contributed by atoms with Crippen LogP contribution in [-0.4, -0.2) is 30.2 Å². The van der Waals surface area contributed by atoms with E-state index in [1.807, 2.05) is 19.1 Å². The molecule has 0 atom stereocenters. The molecule has 27 heavy (non-hydrogen) atoms. The Balaban J connectivity index is 1.46. The third kappa shape index (κ3) is 3.47. The lowest BCUT2D eigenvalue weighted by molar-refractivity contribution is -0.121. The summed E-state index contributed by atoms with van der Waals surface area (Å²) in [6, 6.07) is 5.47. The quantitative estimate of drug-likeness (QED) is 0.752. The summed E-state index contributed by atoms with van der Waals surface area (Å²) in [5.41, 5.74) is 1.40. The first-order valence-corrected chi connectivity index (χ1v) is 9.26. The van der Waals surface area contributed by atoms with Crippen LogP contribution in [-0.2, 0) is 30.8 Å². The molecule has 0 unspecified atom stereocenters. The molecule has 1 aromatic carbocycles. The van der Waals surface area contributed by atoms with Crippen molar-refractivity contribution in [2.24, 2.45) is 0 Å². The third-order valence-electron chi connectivity index (χ3n) is 5.00. The number of nitrogens with zero attached hydrogens (tertiary/aromatic N) is 5. The van der Waals surface area contributed by atoms with Gasteiger partial charge in [0, 0.05) is 13.0 Å². The van der Waals surface area contributed by atoms with Gasteiger partial charge in [-0.05, 0) is 31.4 Å². The summed E-state index contributed by atoms with van der Waals surface area (Å²) in [4.78, 5) is 29.3. The number of aryl methyl sites for hydroxylation is 2. The molecule has 0 radical (unpaired) electrons. The minimum absolute atomic E-state index is 0.0727. The summed E-state index contributed by atoms with van der Waals surface area (Å²) in [5.74, 6) is 1.50. The summed E-state index contributed by atoms with van der Waals surface area (Å²) < 4.78 is 3.43. The van der Waals surface area contributed by atoms with E-state index in [1.54, 1.807) is 6.07 Å². The lowest BCUT2D eigenvalue weighted by Gasteiger charge is -2.10. The normalized spacial score (nSPS) is 14.0. The Morgan fingerprint density at radius 3 is 3.00 bits per heavy atom. The van der Waals surface area contributed by atoms with Crippen molar-refractivity contribution in [1.82, 2.24) is 29.6 Å². The van der Waals surface area contributed by atoms with Crippen LogP contribution in [0, 0.1) is 6.92 Å². The van der Waals surface area contributed by atoms with Gasteiger partial charge in [0.05, 0.1) is 23.8 Å². The molecule has 0 bridgehead atoms. The molecule has 1 N–H and O–H groups in total. The Kier molecular flexibility index (Phi) is 4.70. The van der Waals surface area contributed by atoms with Gasteiger partial charge < -0.3 is 9.88 Å². The van der Waals surface area contributed by atoms with Crippen LogP contribution in [0.4, 0.5) is 0 Å². The number of hydrogen-bond acceptors (Lipinski definition) is 5. The van der Waals surface area contributed by atoms with Gasteiger partial charge in [-0.2, -0.15) is 0 Å². The molecular formula is C19H22N6O2. The summed E-state index contributed by atoms with van der Waals surface area (Å²) >= 11 is 0. The second kappa shape index (κ2) is 7.30. The maximum Gasteiger partial charge on any atom is 0.261 e. The van der Waals surface area contributed by atoms with Crippen LogP contribution in [0.15, 0.2) is 29.3 Å². The highest BCUT2D eigenvalue weighted by Gasteiger charge is 2.15. The fourth-order valence-electron chi connectivity index (χ4n) is 3.51. The van der Waals surface area contributed by atoms with Crippen LogP contribution >= 0.6 is 0 Å². The minimum atomic E-state index is -0.253. The SMILES string of the molecule is Cc1cccc2c(=O)n(CC(=O)NCc3nnc4n3CCCCC4)cnc12. The topological polar surface area (TPSA) is 94.7 Å². The molecule has 4 rings (SSSR count). The zero-order chi connectivity index (χ0) is 18.8. The standard InChI is InChI=1S/C19H22N6O2/c1-13-6-5-7-14-18(13)21-12-24(19(14)27)11-17(26)20-10-16-23-22-15-8-3-2-4-9-25(15)16/h5-7,12H,2-4,8-11H2,1H3,(H,20,26). The van der Waals surface area contributed by atoms with E-state index in [4.69, 9.17) is 0 Å². The van der Waals surface area contributed by atoms with Crippen molar-refractivity contribution in [3.05, 3.63) is 52.1 Å². The number of aromatic nitrogens is 5. The average Bonchev–Trinajstić information content (AvgIpc) is 2.89. The first-order valence-electron chi connectivity index (χ1n) is 9.26. The van der Waals surface area contributed by atoms with Gasteiger partial charge in [0.2, 0.25) is 5.91 Å². The Hall–Kier alpha value is -3.03. The van der Waals surface area contributed by atoms with Gasteiger partial charge in [0.25, 0.3) is 5.56 Å². The molecule has 3 aromatic rings. The van der Waals surface area contributed by atoms with E-state index in [1.165, 1.54) is 17.3 Å². The predicted molar refractivity (Wildman–Crippen MR) is 100 cm³/mol. The lowest BCUT2D eigenvalue weighted by atomic mass is 10.1. The molecule has 8 nitrogen and oxygen atoms in total. The Morgan fingerprint density at radius 2 is 2.11 bits per heavy atom. The van der Waals surface area contributed by atoms with Crippen molar-refractivity contribution in [1.29, 1.82) is 0 Å². The molecule has 0 aliphatic carbocycles. The molecule has 2 aromatic heterocycles. The van der Waals surface area contributed by atoms with Gasteiger partial charge in [-0.3, -0.25) is 14.2 Å². The van der Waals surface area contributed by atoms with Gasteiger partial charge in [-0.1, -0.05) is 18.6 Å². The summed E-state index contributed by atoms with van der Waals surface area (Å²) in [7, 11) is 0. The number of benzene rings is 1. The smallest absolute Gasteiger partial charge is 0.261 e. The van der Waals surface area contributed by atoms with E-state index in [0.717, 1.165) is 43.0 Å². The molecule has 0 saturated heterocycles. The van der Waals surface area contributed by atoms with E-state index >= 15 is 0 Å². The molecule has 1 aliphatic rings. The van der Waals surface area contributed by atoms with Crippen molar-refractivity contribution >= 4 is 16.8 Å². The average molecular weight is 366 g/mol. The Morgan fingerprint density at radius 1 is 1.22 bits per heavy atom. The second-order valence-electron chi connectivity index (χ2n) is 6.92. The summed E-state index contributed by atoms with van der Waals surface area (Å²) in [6.07, 6.45) is 5.77. The monoisotopic (exact) mass is 366 g/mol. The molecule has 8 heteroatoms. The van der Waals surface area contributed by atoms with Crippen molar-refractivity contribution in [3.63, 3.8) is 0 Å².